The summed E-state index contributed by atoms with van der Waals surface area (Å²) >= 11 is 6.44. The van der Waals surface area contributed by atoms with Crippen LogP contribution in [0.3, 0.4) is 0 Å². The molecule has 1 atom stereocenters. The lowest BCUT2D eigenvalue weighted by atomic mass is 9.93. The van der Waals surface area contributed by atoms with E-state index in [4.69, 9.17) is 16.7 Å². The maximum Gasteiger partial charge on any atom is 0.273 e. The normalized spacial score (nSPS) is 24.2. The van der Waals surface area contributed by atoms with Crippen molar-refractivity contribution in [1.29, 1.82) is 0 Å². The van der Waals surface area contributed by atoms with E-state index >= 15 is 0 Å². The molecule has 1 aromatic heterocycles. The van der Waals surface area contributed by atoms with Crippen LogP contribution >= 0.6 is 11.6 Å². The number of nitrogens with one attached hydrogen (secondary N) is 1. The van der Waals surface area contributed by atoms with Gasteiger partial charge in [-0.2, -0.15) is 5.10 Å². The number of fused-ring (bicyclic) bond motifs is 1. The van der Waals surface area contributed by atoms with Crippen LogP contribution in [0.1, 0.15) is 86.0 Å². The maximum atomic E-state index is 13.7. The van der Waals surface area contributed by atoms with Crippen LogP contribution in [0.15, 0.2) is 30.3 Å². The Labute approximate surface area is 194 Å². The molecule has 2 fully saturated rings. The quantitative estimate of drug-likeness (QED) is 0.667. The molecule has 170 valence electrons. The van der Waals surface area contributed by atoms with E-state index in [1.54, 1.807) is 9.58 Å². The lowest BCUT2D eigenvalue weighted by molar-refractivity contribution is -0.134. The van der Waals surface area contributed by atoms with Crippen molar-refractivity contribution < 1.29 is 9.59 Å². The van der Waals surface area contributed by atoms with E-state index in [9.17, 15) is 9.59 Å². The number of nitrogens with zero attached hydrogens (tertiary/aromatic N) is 3. The molecule has 1 aromatic carbocycles. The molecule has 3 aliphatic rings. The molecule has 6 nitrogen and oxygen atoms in total. The van der Waals surface area contributed by atoms with Crippen LogP contribution in [-0.4, -0.2) is 38.1 Å². The van der Waals surface area contributed by atoms with Crippen molar-refractivity contribution in [3.63, 3.8) is 0 Å². The van der Waals surface area contributed by atoms with Gasteiger partial charge in [0.05, 0.1) is 12.2 Å². The second-order valence-electron chi connectivity index (χ2n) is 9.80. The predicted molar refractivity (Wildman–Crippen MR) is 124 cm³/mol. The summed E-state index contributed by atoms with van der Waals surface area (Å²) < 4.78 is 1.76. The second kappa shape index (κ2) is 8.54. The van der Waals surface area contributed by atoms with Gasteiger partial charge in [-0.3, -0.25) is 14.3 Å². The average Bonchev–Trinajstić information content (AvgIpc) is 3.58. The van der Waals surface area contributed by atoms with Crippen LogP contribution in [0.2, 0.25) is 5.02 Å². The summed E-state index contributed by atoms with van der Waals surface area (Å²) in [6.07, 6.45) is 8.96. The van der Waals surface area contributed by atoms with Gasteiger partial charge in [-0.15, -0.1) is 0 Å². The largest absolute Gasteiger partial charge is 0.351 e. The fourth-order valence-corrected chi connectivity index (χ4v) is 5.25. The number of amides is 2. The highest BCUT2D eigenvalue weighted by Crippen LogP contribution is 2.41. The van der Waals surface area contributed by atoms with Gasteiger partial charge in [-0.25, -0.2) is 0 Å². The highest BCUT2D eigenvalue weighted by Gasteiger charge is 2.49. The van der Waals surface area contributed by atoms with Gasteiger partial charge in [0.1, 0.15) is 11.2 Å². The van der Waals surface area contributed by atoms with Crippen molar-refractivity contribution >= 4 is 23.4 Å². The molecule has 1 N–H and O–H groups in total. The number of rotatable bonds is 5. The van der Waals surface area contributed by atoms with Crippen LogP contribution in [-0.2, 0) is 17.9 Å². The molecule has 2 heterocycles. The third-order valence-electron chi connectivity index (χ3n) is 7.28. The Kier molecular flexibility index (Phi) is 5.74. The lowest BCUT2D eigenvalue weighted by Gasteiger charge is -2.44. The van der Waals surface area contributed by atoms with Crippen LogP contribution in [0.5, 0.6) is 0 Å². The smallest absolute Gasteiger partial charge is 0.273 e. The summed E-state index contributed by atoms with van der Waals surface area (Å²) in [4.78, 5) is 29.1. The molecule has 0 spiro atoms. The van der Waals surface area contributed by atoms with Gasteiger partial charge in [0.2, 0.25) is 5.91 Å². The van der Waals surface area contributed by atoms with Crippen molar-refractivity contribution in [2.45, 2.75) is 88.9 Å². The molecule has 0 bridgehead atoms. The summed E-state index contributed by atoms with van der Waals surface area (Å²) in [5.41, 5.74) is 1.34. The zero-order valence-corrected chi connectivity index (χ0v) is 19.4. The highest BCUT2D eigenvalue weighted by atomic mass is 35.5. The summed E-state index contributed by atoms with van der Waals surface area (Å²) in [5.74, 6) is 0.192. The van der Waals surface area contributed by atoms with E-state index in [0.29, 0.717) is 23.2 Å². The number of carbonyl (C=O) groups is 2. The van der Waals surface area contributed by atoms with E-state index in [1.165, 1.54) is 12.8 Å². The molecule has 2 aromatic rings. The van der Waals surface area contributed by atoms with Crippen molar-refractivity contribution in [2.24, 2.45) is 0 Å². The highest BCUT2D eigenvalue weighted by molar-refractivity contribution is 6.31. The first-order chi connectivity index (χ1) is 15.5. The van der Waals surface area contributed by atoms with Crippen LogP contribution in [0.25, 0.3) is 0 Å². The molecule has 0 radical (unpaired) electrons. The third kappa shape index (κ3) is 4.05. The van der Waals surface area contributed by atoms with Gasteiger partial charge in [0, 0.05) is 23.5 Å². The van der Waals surface area contributed by atoms with Crippen LogP contribution in [0.4, 0.5) is 0 Å². The molecular weight excluding hydrogens is 424 g/mol. The Balaban J connectivity index is 1.48. The van der Waals surface area contributed by atoms with E-state index in [0.717, 1.165) is 49.8 Å². The summed E-state index contributed by atoms with van der Waals surface area (Å²) in [5, 5.41) is 8.61. The molecule has 2 saturated carbocycles. The van der Waals surface area contributed by atoms with Gasteiger partial charge >= 0.3 is 0 Å². The number of halogens is 1. The predicted octanol–water partition coefficient (Wildman–Crippen LogP) is 4.67. The van der Waals surface area contributed by atoms with E-state index < -0.39 is 5.54 Å². The van der Waals surface area contributed by atoms with Gasteiger partial charge < -0.3 is 10.2 Å². The fourth-order valence-electron chi connectivity index (χ4n) is 5.05. The molecule has 0 unspecified atom stereocenters. The number of hydrogen-bond acceptors (Lipinski definition) is 3. The minimum Gasteiger partial charge on any atom is -0.351 e. The van der Waals surface area contributed by atoms with Gasteiger partial charge in [-0.1, -0.05) is 55.5 Å². The minimum absolute atomic E-state index is 0.0982. The van der Waals surface area contributed by atoms with Crippen LogP contribution in [0, 0.1) is 0 Å². The zero-order chi connectivity index (χ0) is 22.3. The topological polar surface area (TPSA) is 67.2 Å². The Morgan fingerprint density at radius 3 is 2.56 bits per heavy atom. The van der Waals surface area contributed by atoms with Crippen molar-refractivity contribution in [2.75, 3.05) is 0 Å². The standard InChI is InChI=1S/C25H31ClN4O2/c1-25(24(32)27-19-9-4-2-3-5-10-19)16-30-22(14-21(28-30)17-12-13-17)23(31)29(25)15-18-8-6-7-11-20(18)26/h6-8,11,14,17,19H,2-5,9-10,12-13,15-16H2,1H3,(H,27,32)/t25-/m0/s1. The van der Waals surface area contributed by atoms with E-state index in [-0.39, 0.29) is 24.4 Å². The lowest BCUT2D eigenvalue weighted by Crippen LogP contribution is -2.64. The zero-order valence-electron chi connectivity index (χ0n) is 18.6. The molecule has 5 rings (SSSR count). The number of hydrogen-bond donors (Lipinski definition) is 1. The minimum atomic E-state index is -1.04. The Hall–Kier alpha value is -2.34. The summed E-state index contributed by atoms with van der Waals surface area (Å²) in [6.45, 7) is 2.51. The molecular formula is C25H31ClN4O2. The Morgan fingerprint density at radius 1 is 1.16 bits per heavy atom. The fraction of sp³-hybridized carbons (Fsp3) is 0.560. The Morgan fingerprint density at radius 2 is 1.88 bits per heavy atom. The molecule has 2 aliphatic carbocycles. The molecule has 7 heteroatoms. The number of benzene rings is 1. The summed E-state index contributed by atoms with van der Waals surface area (Å²) in [7, 11) is 0. The van der Waals surface area contributed by atoms with Gasteiger partial charge in [-0.05, 0) is 50.3 Å². The van der Waals surface area contributed by atoms with Crippen LogP contribution < -0.4 is 5.32 Å². The number of aromatic nitrogens is 2. The second-order valence-corrected chi connectivity index (χ2v) is 10.2. The first-order valence-electron chi connectivity index (χ1n) is 11.9. The third-order valence-corrected chi connectivity index (χ3v) is 7.65. The van der Waals surface area contributed by atoms with E-state index in [1.807, 2.05) is 37.3 Å². The average molecular weight is 455 g/mol. The van der Waals surface area contributed by atoms with Gasteiger partial charge in [0.15, 0.2) is 0 Å². The maximum absolute atomic E-state index is 13.7. The van der Waals surface area contributed by atoms with Crippen molar-refractivity contribution in [3.8, 4) is 0 Å². The van der Waals surface area contributed by atoms with Gasteiger partial charge in [0.25, 0.3) is 5.91 Å². The molecule has 1 aliphatic heterocycles. The molecule has 2 amide bonds. The monoisotopic (exact) mass is 454 g/mol. The SMILES string of the molecule is C[C@@]1(C(=O)NC2CCCCCC2)Cn2nc(C3CC3)cc2C(=O)N1Cc1ccccc1Cl. The van der Waals surface area contributed by atoms with Crippen molar-refractivity contribution in [1.82, 2.24) is 20.0 Å². The first kappa shape index (κ1) is 21.5. The van der Waals surface area contributed by atoms with Crippen molar-refractivity contribution in [3.05, 3.63) is 52.3 Å². The molecule has 32 heavy (non-hydrogen) atoms. The first-order valence-corrected chi connectivity index (χ1v) is 12.3. The number of carbonyl (C=O) groups excluding carboxylic acids is 2. The molecule has 0 saturated heterocycles. The summed E-state index contributed by atoms with van der Waals surface area (Å²) in [6, 6.07) is 9.61. The van der Waals surface area contributed by atoms with E-state index in [2.05, 4.69) is 5.32 Å². The Bertz CT molecular complexity index is 1020.